The van der Waals surface area contributed by atoms with Crippen molar-refractivity contribution in [3.63, 3.8) is 0 Å². The molecule has 2 aromatic rings. The van der Waals surface area contributed by atoms with Gasteiger partial charge in [0.1, 0.15) is 5.82 Å². The molecule has 3 heterocycles. The number of rotatable bonds is 2. The smallest absolute Gasteiger partial charge is 0.114 e. The maximum absolute atomic E-state index is 4.51. The third-order valence-corrected chi connectivity index (χ3v) is 3.86. The Morgan fingerprint density at radius 1 is 1.56 bits per heavy atom. The summed E-state index contributed by atoms with van der Waals surface area (Å²) in [6.45, 7) is 1.15. The van der Waals surface area contributed by atoms with Crippen LogP contribution in [0.25, 0.3) is 5.52 Å². The lowest BCUT2D eigenvalue weighted by Crippen LogP contribution is -2.24. The van der Waals surface area contributed by atoms with Crippen molar-refractivity contribution in [1.82, 2.24) is 14.7 Å². The highest BCUT2D eigenvalue weighted by Crippen LogP contribution is 2.20. The topological polar surface area (TPSA) is 29.3 Å². The van der Waals surface area contributed by atoms with Crippen molar-refractivity contribution >= 4 is 21.4 Å². The van der Waals surface area contributed by atoms with E-state index in [-0.39, 0.29) is 0 Å². The monoisotopic (exact) mass is 279 g/mol. The molecular formula is C12H14BrN3. The van der Waals surface area contributed by atoms with E-state index < -0.39 is 0 Å². The van der Waals surface area contributed by atoms with E-state index >= 15 is 0 Å². The number of aromatic nitrogens is 2. The number of halogens is 1. The van der Waals surface area contributed by atoms with Gasteiger partial charge < -0.3 is 9.72 Å². The molecule has 1 N–H and O–H groups in total. The van der Waals surface area contributed by atoms with Crippen LogP contribution in [0.3, 0.4) is 0 Å². The first-order valence-corrected chi connectivity index (χ1v) is 6.48. The molecule has 3 rings (SSSR count). The highest BCUT2D eigenvalue weighted by atomic mass is 79.9. The standard InChI is InChI=1S/C12H14BrN3/c13-10-4-2-6-16-11(10)8-15-12(16)7-9-3-1-5-14-9/h2,4,6,8-9,14H,1,3,5,7H2. The first-order chi connectivity index (χ1) is 7.84. The minimum absolute atomic E-state index is 0.601. The minimum atomic E-state index is 0.601. The van der Waals surface area contributed by atoms with Crippen LogP contribution in [0, 0.1) is 0 Å². The second kappa shape index (κ2) is 4.18. The molecule has 1 atom stereocenters. The molecule has 3 nitrogen and oxygen atoms in total. The molecule has 0 aromatic carbocycles. The van der Waals surface area contributed by atoms with Gasteiger partial charge in [-0.15, -0.1) is 0 Å². The van der Waals surface area contributed by atoms with Crippen LogP contribution in [0.15, 0.2) is 29.0 Å². The molecule has 0 amide bonds. The Hall–Kier alpha value is -0.870. The SMILES string of the molecule is Brc1cccn2c(CC3CCCN3)ncc12. The summed E-state index contributed by atoms with van der Waals surface area (Å²) < 4.78 is 3.28. The van der Waals surface area contributed by atoms with Crippen molar-refractivity contribution in [1.29, 1.82) is 0 Å². The number of nitrogens with one attached hydrogen (secondary N) is 1. The second-order valence-electron chi connectivity index (χ2n) is 4.28. The fraction of sp³-hybridized carbons (Fsp3) is 0.417. The van der Waals surface area contributed by atoms with E-state index in [9.17, 15) is 0 Å². The number of hydrogen-bond acceptors (Lipinski definition) is 2. The summed E-state index contributed by atoms with van der Waals surface area (Å²) in [5.41, 5.74) is 1.15. The molecule has 0 radical (unpaired) electrons. The van der Waals surface area contributed by atoms with Gasteiger partial charge in [0.15, 0.2) is 0 Å². The zero-order chi connectivity index (χ0) is 11.0. The molecule has 0 spiro atoms. The molecule has 1 unspecified atom stereocenters. The zero-order valence-corrected chi connectivity index (χ0v) is 10.6. The van der Waals surface area contributed by atoms with Crippen LogP contribution in [0.2, 0.25) is 0 Å². The van der Waals surface area contributed by atoms with Gasteiger partial charge in [0.25, 0.3) is 0 Å². The summed E-state index contributed by atoms with van der Waals surface area (Å²) in [5.74, 6) is 1.15. The molecule has 4 heteroatoms. The van der Waals surface area contributed by atoms with Gasteiger partial charge in [-0.25, -0.2) is 4.98 Å². The highest BCUT2D eigenvalue weighted by molar-refractivity contribution is 9.10. The lowest BCUT2D eigenvalue weighted by molar-refractivity contribution is 0.584. The summed E-state index contributed by atoms with van der Waals surface area (Å²) in [7, 11) is 0. The van der Waals surface area contributed by atoms with Gasteiger partial charge in [0.05, 0.1) is 11.7 Å². The van der Waals surface area contributed by atoms with E-state index in [1.165, 1.54) is 12.8 Å². The maximum atomic E-state index is 4.51. The van der Waals surface area contributed by atoms with Crippen molar-refractivity contribution in [3.8, 4) is 0 Å². The molecule has 1 aliphatic heterocycles. The predicted octanol–water partition coefficient (Wildman–Crippen LogP) is 2.39. The Morgan fingerprint density at radius 3 is 3.31 bits per heavy atom. The Labute approximate surface area is 103 Å². The van der Waals surface area contributed by atoms with Crippen LogP contribution in [0.1, 0.15) is 18.7 Å². The lowest BCUT2D eigenvalue weighted by atomic mass is 10.1. The summed E-state index contributed by atoms with van der Waals surface area (Å²) in [6, 6.07) is 4.70. The fourth-order valence-corrected chi connectivity index (χ4v) is 2.79. The van der Waals surface area contributed by atoms with E-state index in [4.69, 9.17) is 0 Å². The third-order valence-electron chi connectivity index (χ3n) is 3.19. The van der Waals surface area contributed by atoms with E-state index in [2.05, 4.69) is 42.9 Å². The maximum Gasteiger partial charge on any atom is 0.114 e. The lowest BCUT2D eigenvalue weighted by Gasteiger charge is -2.08. The molecule has 0 aliphatic carbocycles. The quantitative estimate of drug-likeness (QED) is 0.915. The van der Waals surface area contributed by atoms with Gasteiger partial charge in [-0.1, -0.05) is 0 Å². The molecule has 1 aliphatic rings. The van der Waals surface area contributed by atoms with Crippen LogP contribution >= 0.6 is 15.9 Å². The van der Waals surface area contributed by atoms with Crippen molar-refractivity contribution in [2.45, 2.75) is 25.3 Å². The fourth-order valence-electron chi connectivity index (χ4n) is 2.34. The molecular weight excluding hydrogens is 266 g/mol. The first-order valence-electron chi connectivity index (χ1n) is 5.68. The Morgan fingerprint density at radius 2 is 2.50 bits per heavy atom. The highest BCUT2D eigenvalue weighted by Gasteiger charge is 2.17. The van der Waals surface area contributed by atoms with Crippen LogP contribution in [-0.2, 0) is 6.42 Å². The third kappa shape index (κ3) is 1.76. The van der Waals surface area contributed by atoms with Crippen molar-refractivity contribution < 1.29 is 0 Å². The average Bonchev–Trinajstić information content (AvgIpc) is 2.90. The van der Waals surface area contributed by atoms with E-state index in [1.54, 1.807) is 0 Å². The van der Waals surface area contributed by atoms with Crippen LogP contribution in [0.4, 0.5) is 0 Å². The van der Waals surface area contributed by atoms with Gasteiger partial charge in [-0.3, -0.25) is 0 Å². The van der Waals surface area contributed by atoms with Crippen LogP contribution < -0.4 is 5.32 Å². The van der Waals surface area contributed by atoms with Crippen LogP contribution in [0.5, 0.6) is 0 Å². The number of fused-ring (bicyclic) bond motifs is 1. The molecule has 84 valence electrons. The van der Waals surface area contributed by atoms with Crippen molar-refractivity contribution in [2.75, 3.05) is 6.54 Å². The van der Waals surface area contributed by atoms with Gasteiger partial charge in [-0.2, -0.15) is 0 Å². The first kappa shape index (κ1) is 10.3. The van der Waals surface area contributed by atoms with E-state index in [0.29, 0.717) is 6.04 Å². The number of imidazole rings is 1. The minimum Gasteiger partial charge on any atom is -0.314 e. The summed E-state index contributed by atoms with van der Waals surface area (Å²) in [5, 5.41) is 3.51. The molecule has 0 bridgehead atoms. The molecule has 16 heavy (non-hydrogen) atoms. The second-order valence-corrected chi connectivity index (χ2v) is 5.14. The van der Waals surface area contributed by atoms with E-state index in [1.807, 2.05) is 12.3 Å². The summed E-state index contributed by atoms with van der Waals surface area (Å²) in [4.78, 5) is 4.51. The average molecular weight is 280 g/mol. The predicted molar refractivity (Wildman–Crippen MR) is 67.6 cm³/mol. The van der Waals surface area contributed by atoms with Gasteiger partial charge in [0, 0.05) is 23.1 Å². The zero-order valence-electron chi connectivity index (χ0n) is 8.99. The number of hydrogen-bond donors (Lipinski definition) is 1. The normalized spacial score (nSPS) is 20.7. The van der Waals surface area contributed by atoms with Gasteiger partial charge in [-0.05, 0) is 47.4 Å². The molecule has 1 saturated heterocycles. The Kier molecular flexibility index (Phi) is 2.69. The number of nitrogens with zero attached hydrogens (tertiary/aromatic N) is 2. The van der Waals surface area contributed by atoms with Crippen LogP contribution in [-0.4, -0.2) is 22.0 Å². The Balaban J connectivity index is 1.94. The van der Waals surface area contributed by atoms with E-state index in [0.717, 1.165) is 28.8 Å². The van der Waals surface area contributed by atoms with Gasteiger partial charge >= 0.3 is 0 Å². The molecule has 1 fully saturated rings. The van der Waals surface area contributed by atoms with Crippen molar-refractivity contribution in [3.05, 3.63) is 34.8 Å². The molecule has 0 saturated carbocycles. The Bertz CT molecular complexity index is 500. The summed E-state index contributed by atoms with van der Waals surface area (Å²) >= 11 is 3.55. The summed E-state index contributed by atoms with van der Waals surface area (Å²) in [6.07, 6.45) is 7.59. The largest absolute Gasteiger partial charge is 0.314 e. The number of pyridine rings is 1. The van der Waals surface area contributed by atoms with Gasteiger partial charge in [0.2, 0.25) is 0 Å². The molecule has 2 aromatic heterocycles. The van der Waals surface area contributed by atoms with Crippen molar-refractivity contribution in [2.24, 2.45) is 0 Å².